The first-order valence-corrected chi connectivity index (χ1v) is 5.42. The van der Waals surface area contributed by atoms with Crippen LogP contribution in [0.1, 0.15) is 31.9 Å². The van der Waals surface area contributed by atoms with E-state index < -0.39 is 0 Å². The number of ether oxygens (including phenoxy) is 1. The summed E-state index contributed by atoms with van der Waals surface area (Å²) in [5.74, 6) is 0.967. The molecule has 2 N–H and O–H groups in total. The first-order valence-electron chi connectivity index (χ1n) is 5.42. The summed E-state index contributed by atoms with van der Waals surface area (Å²) in [6.07, 6.45) is 0.984. The molecule has 0 spiro atoms. The summed E-state index contributed by atoms with van der Waals surface area (Å²) in [4.78, 5) is 0. The molecule has 0 heterocycles. The molecule has 0 aromatic heterocycles. The van der Waals surface area contributed by atoms with E-state index in [0.29, 0.717) is 6.54 Å². The third kappa shape index (κ3) is 2.51. The molecular formula is C13H21NO. The molecule has 1 aromatic rings. The minimum absolute atomic E-state index is 0.0379. The van der Waals surface area contributed by atoms with Gasteiger partial charge in [-0.1, -0.05) is 32.9 Å². The zero-order valence-electron chi connectivity index (χ0n) is 10.1. The molecule has 0 aliphatic heterocycles. The van der Waals surface area contributed by atoms with Crippen LogP contribution in [0.5, 0.6) is 5.75 Å². The van der Waals surface area contributed by atoms with Gasteiger partial charge in [0.25, 0.3) is 0 Å². The summed E-state index contributed by atoms with van der Waals surface area (Å²) in [7, 11) is 1.71. The molecule has 1 aromatic carbocycles. The summed E-state index contributed by atoms with van der Waals surface area (Å²) < 4.78 is 5.31. The lowest BCUT2D eigenvalue weighted by atomic mass is 9.84. The van der Waals surface area contributed by atoms with Crippen molar-refractivity contribution in [3.05, 3.63) is 29.3 Å². The van der Waals surface area contributed by atoms with Crippen LogP contribution in [-0.4, -0.2) is 13.7 Å². The fourth-order valence-corrected chi connectivity index (χ4v) is 1.59. The average Bonchev–Trinajstić information content (AvgIpc) is 2.28. The molecule has 0 aliphatic rings. The molecule has 0 amide bonds. The first-order chi connectivity index (χ1) is 7.05. The second-order valence-electron chi connectivity index (χ2n) is 4.47. The number of aryl methyl sites for hydroxylation is 1. The van der Waals surface area contributed by atoms with Crippen LogP contribution in [0.15, 0.2) is 18.2 Å². The molecule has 2 nitrogen and oxygen atoms in total. The molecule has 0 fully saturated rings. The monoisotopic (exact) mass is 207 g/mol. The predicted molar refractivity (Wildman–Crippen MR) is 64.5 cm³/mol. The zero-order valence-corrected chi connectivity index (χ0v) is 10.1. The van der Waals surface area contributed by atoms with Gasteiger partial charge in [-0.25, -0.2) is 0 Å². The minimum atomic E-state index is 0.0379. The van der Waals surface area contributed by atoms with Gasteiger partial charge in [-0.15, -0.1) is 0 Å². The molecular weight excluding hydrogens is 186 g/mol. The molecule has 1 rings (SSSR count). The van der Waals surface area contributed by atoms with E-state index in [4.69, 9.17) is 10.5 Å². The topological polar surface area (TPSA) is 35.2 Å². The largest absolute Gasteiger partial charge is 0.496 e. The Morgan fingerprint density at radius 2 is 2.00 bits per heavy atom. The fraction of sp³-hybridized carbons (Fsp3) is 0.538. The Kier molecular flexibility index (Phi) is 3.75. The van der Waals surface area contributed by atoms with Gasteiger partial charge >= 0.3 is 0 Å². The first kappa shape index (κ1) is 12.1. The van der Waals surface area contributed by atoms with Gasteiger partial charge in [-0.05, 0) is 23.6 Å². The number of hydrogen-bond acceptors (Lipinski definition) is 2. The third-order valence-electron chi connectivity index (χ3n) is 2.95. The zero-order chi connectivity index (χ0) is 11.5. The second kappa shape index (κ2) is 4.67. The highest BCUT2D eigenvalue weighted by atomic mass is 16.5. The maximum absolute atomic E-state index is 5.77. The van der Waals surface area contributed by atoms with Crippen molar-refractivity contribution in [1.29, 1.82) is 0 Å². The van der Waals surface area contributed by atoms with Gasteiger partial charge in [0, 0.05) is 12.0 Å². The van der Waals surface area contributed by atoms with E-state index in [1.165, 1.54) is 11.1 Å². The molecule has 0 saturated carbocycles. The van der Waals surface area contributed by atoms with E-state index in [9.17, 15) is 0 Å². The van der Waals surface area contributed by atoms with Gasteiger partial charge in [-0.3, -0.25) is 0 Å². The molecule has 0 radical (unpaired) electrons. The van der Waals surface area contributed by atoms with Crippen LogP contribution in [0.2, 0.25) is 0 Å². The minimum Gasteiger partial charge on any atom is -0.496 e. The summed E-state index contributed by atoms with van der Waals surface area (Å²) in [5, 5.41) is 0. The Balaban J connectivity index is 3.13. The van der Waals surface area contributed by atoms with Crippen LogP contribution in [0.4, 0.5) is 0 Å². The van der Waals surface area contributed by atoms with E-state index in [2.05, 4.69) is 32.9 Å². The molecule has 0 bridgehead atoms. The number of benzene rings is 1. The van der Waals surface area contributed by atoms with Crippen molar-refractivity contribution in [1.82, 2.24) is 0 Å². The molecule has 0 atom stereocenters. The van der Waals surface area contributed by atoms with Crippen molar-refractivity contribution in [2.45, 2.75) is 32.6 Å². The Labute approximate surface area is 92.4 Å². The quantitative estimate of drug-likeness (QED) is 0.823. The van der Waals surface area contributed by atoms with E-state index in [1.54, 1.807) is 7.11 Å². The maximum atomic E-state index is 5.77. The van der Waals surface area contributed by atoms with E-state index in [0.717, 1.165) is 12.2 Å². The van der Waals surface area contributed by atoms with E-state index in [-0.39, 0.29) is 5.41 Å². The van der Waals surface area contributed by atoms with Crippen LogP contribution in [0.25, 0.3) is 0 Å². The Morgan fingerprint density at radius 1 is 1.33 bits per heavy atom. The van der Waals surface area contributed by atoms with Crippen LogP contribution in [0, 0.1) is 0 Å². The highest BCUT2D eigenvalue weighted by Crippen LogP contribution is 2.27. The van der Waals surface area contributed by atoms with E-state index >= 15 is 0 Å². The standard InChI is InChI=1S/C13H21NO/c1-5-10-8-11(13(2,3)9-14)6-7-12(10)15-4/h6-8H,5,9,14H2,1-4H3. The normalized spacial score (nSPS) is 11.5. The fourth-order valence-electron chi connectivity index (χ4n) is 1.59. The number of rotatable bonds is 4. The second-order valence-corrected chi connectivity index (χ2v) is 4.47. The van der Waals surface area contributed by atoms with Crippen molar-refractivity contribution < 1.29 is 4.74 Å². The van der Waals surface area contributed by atoms with Crippen molar-refractivity contribution in [3.63, 3.8) is 0 Å². The lowest BCUT2D eigenvalue weighted by molar-refractivity contribution is 0.409. The highest BCUT2D eigenvalue weighted by Gasteiger charge is 2.19. The molecule has 0 aliphatic carbocycles. The predicted octanol–water partition coefficient (Wildman–Crippen LogP) is 2.49. The number of hydrogen-bond donors (Lipinski definition) is 1. The van der Waals surface area contributed by atoms with Gasteiger partial charge < -0.3 is 10.5 Å². The van der Waals surface area contributed by atoms with Crippen molar-refractivity contribution in [3.8, 4) is 5.75 Å². The van der Waals surface area contributed by atoms with Gasteiger partial charge in [0.15, 0.2) is 0 Å². The lowest BCUT2D eigenvalue weighted by Crippen LogP contribution is -2.28. The number of methoxy groups -OCH3 is 1. The number of nitrogens with two attached hydrogens (primary N) is 1. The summed E-state index contributed by atoms with van der Waals surface area (Å²) >= 11 is 0. The third-order valence-corrected chi connectivity index (χ3v) is 2.95. The van der Waals surface area contributed by atoms with Crippen molar-refractivity contribution in [2.24, 2.45) is 5.73 Å². The van der Waals surface area contributed by atoms with E-state index in [1.807, 2.05) is 6.07 Å². The molecule has 84 valence electrons. The van der Waals surface area contributed by atoms with Crippen LogP contribution in [-0.2, 0) is 11.8 Å². The SMILES string of the molecule is CCc1cc(C(C)(C)CN)ccc1OC. The Morgan fingerprint density at radius 3 is 2.47 bits per heavy atom. The average molecular weight is 207 g/mol. The van der Waals surface area contributed by atoms with Crippen LogP contribution >= 0.6 is 0 Å². The van der Waals surface area contributed by atoms with Gasteiger partial charge in [0.05, 0.1) is 7.11 Å². The Hall–Kier alpha value is -1.02. The lowest BCUT2D eigenvalue weighted by Gasteiger charge is -2.24. The van der Waals surface area contributed by atoms with Gasteiger partial charge in [0.2, 0.25) is 0 Å². The highest BCUT2D eigenvalue weighted by molar-refractivity contribution is 5.40. The maximum Gasteiger partial charge on any atom is 0.122 e. The van der Waals surface area contributed by atoms with Crippen molar-refractivity contribution in [2.75, 3.05) is 13.7 Å². The molecule has 0 saturated heterocycles. The summed E-state index contributed by atoms with van der Waals surface area (Å²) in [6, 6.07) is 6.34. The summed E-state index contributed by atoms with van der Waals surface area (Å²) in [6.45, 7) is 7.11. The molecule has 15 heavy (non-hydrogen) atoms. The Bertz CT molecular complexity index is 331. The van der Waals surface area contributed by atoms with Crippen LogP contribution < -0.4 is 10.5 Å². The summed E-state index contributed by atoms with van der Waals surface area (Å²) in [5.41, 5.74) is 8.33. The van der Waals surface area contributed by atoms with Crippen LogP contribution in [0.3, 0.4) is 0 Å². The molecule has 2 heteroatoms. The van der Waals surface area contributed by atoms with Gasteiger partial charge in [0.1, 0.15) is 5.75 Å². The van der Waals surface area contributed by atoms with Crippen molar-refractivity contribution >= 4 is 0 Å². The molecule has 0 unspecified atom stereocenters. The van der Waals surface area contributed by atoms with Gasteiger partial charge in [-0.2, -0.15) is 0 Å². The smallest absolute Gasteiger partial charge is 0.122 e.